The van der Waals surface area contributed by atoms with E-state index in [9.17, 15) is 13.5 Å². The van der Waals surface area contributed by atoms with Crippen molar-refractivity contribution in [1.29, 1.82) is 0 Å². The first-order chi connectivity index (χ1) is 18.6. The SMILES string of the molecule is COc1cc(N2C(=S)N[C@@H](c3ccccn3)[C@@H]2c2cc(C)n(-c3ccc(O)cc3)c2C)ccc1NS(C)(=O)=O. The first-order valence-corrected chi connectivity index (χ1v) is 14.5. The highest BCUT2D eigenvalue weighted by molar-refractivity contribution is 7.92. The fourth-order valence-corrected chi connectivity index (χ4v) is 6.06. The van der Waals surface area contributed by atoms with Gasteiger partial charge < -0.3 is 24.6 Å². The van der Waals surface area contributed by atoms with Crippen LogP contribution in [0.15, 0.2) is 72.9 Å². The predicted molar refractivity (Wildman–Crippen MR) is 156 cm³/mol. The lowest BCUT2D eigenvalue weighted by atomic mass is 9.96. The Hall–Kier alpha value is -4.09. The number of hydrogen-bond acceptors (Lipinski definition) is 6. The fourth-order valence-electron chi connectivity index (χ4n) is 5.15. The Labute approximate surface area is 233 Å². The number of aromatic nitrogens is 2. The maximum Gasteiger partial charge on any atom is 0.229 e. The lowest BCUT2D eigenvalue weighted by Crippen LogP contribution is -2.29. The number of phenols is 1. The molecular weight excluding hydrogens is 534 g/mol. The van der Waals surface area contributed by atoms with E-state index < -0.39 is 10.0 Å². The Bertz CT molecular complexity index is 1640. The van der Waals surface area contributed by atoms with Crippen molar-refractivity contribution >= 4 is 38.7 Å². The summed E-state index contributed by atoms with van der Waals surface area (Å²) in [6, 6.07) is 19.7. The van der Waals surface area contributed by atoms with Gasteiger partial charge in [0.05, 0.1) is 36.8 Å². The second-order valence-corrected chi connectivity index (χ2v) is 11.6. The van der Waals surface area contributed by atoms with Gasteiger partial charge in [-0.25, -0.2) is 8.42 Å². The van der Waals surface area contributed by atoms with Crippen LogP contribution in [-0.2, 0) is 10.0 Å². The minimum Gasteiger partial charge on any atom is -0.508 e. The maximum absolute atomic E-state index is 11.9. The van der Waals surface area contributed by atoms with E-state index in [1.165, 1.54) is 7.11 Å². The number of phenolic OH excluding ortho intramolecular Hbond substituents is 1. The van der Waals surface area contributed by atoms with Gasteiger partial charge in [0.25, 0.3) is 0 Å². The van der Waals surface area contributed by atoms with E-state index in [2.05, 4.69) is 32.6 Å². The molecule has 3 heterocycles. The monoisotopic (exact) mass is 563 g/mol. The van der Waals surface area contributed by atoms with Gasteiger partial charge in [-0.2, -0.15) is 0 Å². The third-order valence-electron chi connectivity index (χ3n) is 6.75. The third kappa shape index (κ3) is 5.15. The Kier molecular flexibility index (Phi) is 6.96. The third-order valence-corrected chi connectivity index (χ3v) is 7.66. The van der Waals surface area contributed by atoms with Gasteiger partial charge in [0.15, 0.2) is 5.11 Å². The summed E-state index contributed by atoms with van der Waals surface area (Å²) < 4.78 is 33.9. The normalized spacial score (nSPS) is 17.2. The molecule has 1 saturated heterocycles. The molecule has 0 unspecified atom stereocenters. The first-order valence-electron chi connectivity index (χ1n) is 12.2. The topological polar surface area (TPSA) is 109 Å². The zero-order valence-electron chi connectivity index (χ0n) is 21.9. The highest BCUT2D eigenvalue weighted by Gasteiger charge is 2.42. The number of thiocarbonyl (C=S) groups is 1. The molecule has 0 amide bonds. The van der Waals surface area contributed by atoms with Crippen LogP contribution in [0.1, 0.15) is 34.7 Å². The lowest BCUT2D eigenvalue weighted by Gasteiger charge is -2.29. The van der Waals surface area contributed by atoms with Crippen molar-refractivity contribution in [3.05, 3.63) is 95.6 Å². The van der Waals surface area contributed by atoms with Crippen LogP contribution in [0.4, 0.5) is 11.4 Å². The molecule has 2 aromatic carbocycles. The molecule has 1 fully saturated rings. The number of nitrogens with one attached hydrogen (secondary N) is 2. The summed E-state index contributed by atoms with van der Waals surface area (Å²) in [4.78, 5) is 6.65. The van der Waals surface area contributed by atoms with Crippen molar-refractivity contribution < 1.29 is 18.3 Å². The van der Waals surface area contributed by atoms with Crippen LogP contribution in [0.2, 0.25) is 0 Å². The molecule has 1 aliphatic rings. The summed E-state index contributed by atoms with van der Waals surface area (Å²) in [6.45, 7) is 4.10. The van der Waals surface area contributed by atoms with Crippen LogP contribution in [0.3, 0.4) is 0 Å². The molecule has 0 radical (unpaired) electrons. The van der Waals surface area contributed by atoms with Crippen LogP contribution in [0.5, 0.6) is 11.5 Å². The van der Waals surface area contributed by atoms with Crippen molar-refractivity contribution in [3.63, 3.8) is 0 Å². The highest BCUT2D eigenvalue weighted by Crippen LogP contribution is 2.45. The van der Waals surface area contributed by atoms with Crippen molar-refractivity contribution in [2.45, 2.75) is 25.9 Å². The van der Waals surface area contributed by atoms with Gasteiger partial charge in [0.2, 0.25) is 10.0 Å². The zero-order chi connectivity index (χ0) is 27.9. The molecule has 0 saturated carbocycles. The number of sulfonamides is 1. The van der Waals surface area contributed by atoms with Gasteiger partial charge in [-0.05, 0) is 86.2 Å². The van der Waals surface area contributed by atoms with Crippen LogP contribution in [0, 0.1) is 13.8 Å². The Morgan fingerprint density at radius 3 is 2.41 bits per heavy atom. The van der Waals surface area contributed by atoms with Crippen molar-refractivity contribution in [1.82, 2.24) is 14.9 Å². The van der Waals surface area contributed by atoms with Crippen LogP contribution in [0.25, 0.3) is 5.69 Å². The first kappa shape index (κ1) is 26.5. The summed E-state index contributed by atoms with van der Waals surface area (Å²) in [5.74, 6) is 0.575. The molecule has 5 rings (SSSR count). The summed E-state index contributed by atoms with van der Waals surface area (Å²) in [6.07, 6.45) is 2.85. The molecular formula is C28H29N5O4S2. The number of rotatable bonds is 7. The number of hydrogen-bond donors (Lipinski definition) is 3. The minimum absolute atomic E-state index is 0.205. The van der Waals surface area contributed by atoms with Gasteiger partial charge >= 0.3 is 0 Å². The zero-order valence-corrected chi connectivity index (χ0v) is 23.5. The van der Waals surface area contributed by atoms with E-state index in [0.29, 0.717) is 16.5 Å². The molecule has 0 spiro atoms. The van der Waals surface area contributed by atoms with E-state index >= 15 is 0 Å². The second-order valence-electron chi connectivity index (χ2n) is 9.43. The molecule has 11 heteroatoms. The molecule has 4 aromatic rings. The summed E-state index contributed by atoms with van der Waals surface area (Å²) in [7, 11) is -2.00. The molecule has 0 aliphatic carbocycles. The Balaban J connectivity index is 1.66. The van der Waals surface area contributed by atoms with Gasteiger partial charge in [-0.15, -0.1) is 0 Å². The highest BCUT2D eigenvalue weighted by atomic mass is 32.2. The van der Waals surface area contributed by atoms with E-state index in [0.717, 1.165) is 40.3 Å². The number of aryl methyl sites for hydroxylation is 1. The molecule has 0 bridgehead atoms. The number of benzene rings is 2. The van der Waals surface area contributed by atoms with Gasteiger partial charge in [0.1, 0.15) is 11.5 Å². The maximum atomic E-state index is 11.9. The summed E-state index contributed by atoms with van der Waals surface area (Å²) in [5.41, 5.74) is 5.93. The number of nitrogens with zero attached hydrogens (tertiary/aromatic N) is 3. The number of pyridine rings is 1. The summed E-state index contributed by atoms with van der Waals surface area (Å²) >= 11 is 5.87. The Morgan fingerprint density at radius 1 is 1.05 bits per heavy atom. The predicted octanol–water partition coefficient (Wildman–Crippen LogP) is 4.75. The van der Waals surface area contributed by atoms with Gasteiger partial charge in [-0.3, -0.25) is 9.71 Å². The van der Waals surface area contributed by atoms with E-state index in [4.69, 9.17) is 17.0 Å². The van der Waals surface area contributed by atoms with Crippen molar-refractivity contribution in [2.24, 2.45) is 0 Å². The fraction of sp³-hybridized carbons (Fsp3) is 0.214. The molecule has 3 N–H and O–H groups in total. The van der Waals surface area contributed by atoms with Gasteiger partial charge in [0, 0.05) is 35.0 Å². The molecule has 2 aromatic heterocycles. The lowest BCUT2D eigenvalue weighted by molar-refractivity contribution is 0.417. The summed E-state index contributed by atoms with van der Waals surface area (Å²) in [5, 5.41) is 13.8. The Morgan fingerprint density at radius 2 is 1.77 bits per heavy atom. The number of aromatic hydroxyl groups is 1. The van der Waals surface area contributed by atoms with Crippen LogP contribution in [-0.4, -0.2) is 41.6 Å². The molecule has 9 nitrogen and oxygen atoms in total. The minimum atomic E-state index is -3.50. The quantitative estimate of drug-likeness (QED) is 0.277. The number of ether oxygens (including phenoxy) is 1. The second kappa shape index (κ2) is 10.2. The molecule has 2 atom stereocenters. The largest absolute Gasteiger partial charge is 0.508 e. The number of anilines is 2. The van der Waals surface area contributed by atoms with Crippen molar-refractivity contribution in [2.75, 3.05) is 23.0 Å². The average molecular weight is 564 g/mol. The van der Waals surface area contributed by atoms with Crippen molar-refractivity contribution in [3.8, 4) is 17.2 Å². The molecule has 39 heavy (non-hydrogen) atoms. The van der Waals surface area contributed by atoms with E-state index in [1.54, 1.807) is 30.5 Å². The van der Waals surface area contributed by atoms with Crippen LogP contribution >= 0.6 is 12.2 Å². The average Bonchev–Trinajstić information content (AvgIpc) is 3.39. The van der Waals surface area contributed by atoms with Gasteiger partial charge in [-0.1, -0.05) is 6.07 Å². The van der Waals surface area contributed by atoms with E-state index in [1.807, 2.05) is 48.2 Å². The van der Waals surface area contributed by atoms with E-state index in [-0.39, 0.29) is 17.8 Å². The standard InChI is InChI=1S/C28H29N5O4S2/c1-17-15-22(18(2)32(17)19-8-11-21(34)12-9-19)27-26(24-7-5-6-14-29-24)30-28(38)33(27)20-10-13-23(25(16-20)37-3)31-39(4,35)36/h5-16,26-27,31,34H,1-4H3,(H,30,38)/t26-,27-/m0/s1. The smallest absolute Gasteiger partial charge is 0.229 e. The number of methoxy groups -OCH3 is 1. The molecule has 1 aliphatic heterocycles. The van der Waals surface area contributed by atoms with Crippen LogP contribution < -0.4 is 19.7 Å². The molecule has 202 valence electrons.